The minimum Gasteiger partial charge on any atom is -0.339 e. The van der Waals surface area contributed by atoms with Crippen LogP contribution >= 0.6 is 0 Å². The number of anilines is 1. The minimum absolute atomic E-state index is 0.185. The fourth-order valence-corrected chi connectivity index (χ4v) is 2.86. The summed E-state index contributed by atoms with van der Waals surface area (Å²) in [5.74, 6) is 0.185. The summed E-state index contributed by atoms with van der Waals surface area (Å²) in [5.41, 5.74) is -0.619. The van der Waals surface area contributed by atoms with Gasteiger partial charge >= 0.3 is 6.18 Å². The highest BCUT2D eigenvalue weighted by Crippen LogP contribution is 2.40. The second kappa shape index (κ2) is 3.57. The van der Waals surface area contributed by atoms with Crippen molar-refractivity contribution < 1.29 is 13.2 Å². The molecule has 0 bridgehead atoms. The Morgan fingerprint density at radius 3 is 2.44 bits per heavy atom. The van der Waals surface area contributed by atoms with Crippen LogP contribution in [0.15, 0.2) is 12.3 Å². The number of hydrogen-bond donors (Lipinski definition) is 0. The summed E-state index contributed by atoms with van der Waals surface area (Å²) in [4.78, 5) is 11.5. The molecule has 0 unspecified atom stereocenters. The lowest BCUT2D eigenvalue weighted by Crippen LogP contribution is -2.71. The van der Waals surface area contributed by atoms with Crippen molar-refractivity contribution in [3.63, 3.8) is 0 Å². The van der Waals surface area contributed by atoms with E-state index in [2.05, 4.69) is 14.9 Å². The van der Waals surface area contributed by atoms with Gasteiger partial charge in [-0.15, -0.1) is 0 Å². The molecule has 1 aromatic heterocycles. The highest BCUT2D eigenvalue weighted by atomic mass is 19.4. The number of likely N-dealkylation sites (tertiary alicyclic amines) is 1. The average molecular weight is 258 g/mol. The Kier molecular flexibility index (Phi) is 2.32. The smallest absolute Gasteiger partial charge is 0.339 e. The summed E-state index contributed by atoms with van der Waals surface area (Å²) in [6.45, 7) is 3.50. The molecule has 1 spiro atoms. The summed E-state index contributed by atoms with van der Waals surface area (Å²) < 4.78 is 37.6. The van der Waals surface area contributed by atoms with Gasteiger partial charge in [-0.05, 0) is 13.1 Å². The summed E-state index contributed by atoms with van der Waals surface area (Å²) in [6.07, 6.45) is -3.24. The van der Waals surface area contributed by atoms with Crippen LogP contribution in [0.5, 0.6) is 0 Å². The van der Waals surface area contributed by atoms with Gasteiger partial charge in [0.15, 0.2) is 0 Å². The zero-order valence-corrected chi connectivity index (χ0v) is 9.91. The molecular weight excluding hydrogens is 245 g/mol. The quantitative estimate of drug-likeness (QED) is 0.759. The van der Waals surface area contributed by atoms with Crippen LogP contribution in [0.25, 0.3) is 0 Å². The van der Waals surface area contributed by atoms with Gasteiger partial charge in [0.2, 0.25) is 5.95 Å². The second-order valence-electron chi connectivity index (χ2n) is 5.27. The van der Waals surface area contributed by atoms with E-state index >= 15 is 0 Å². The average Bonchev–Trinajstić information content (AvgIpc) is 2.20. The molecule has 0 radical (unpaired) electrons. The van der Waals surface area contributed by atoms with Crippen molar-refractivity contribution in [2.24, 2.45) is 5.41 Å². The number of aromatic nitrogens is 2. The highest BCUT2D eigenvalue weighted by Gasteiger charge is 2.51. The summed E-state index contributed by atoms with van der Waals surface area (Å²) >= 11 is 0. The van der Waals surface area contributed by atoms with E-state index in [4.69, 9.17) is 0 Å². The zero-order chi connectivity index (χ0) is 13.0. The standard InChI is InChI=1S/C11H13F3N4/c1-17-4-10(5-17)6-18(7-10)9-15-3-2-8(16-9)11(12,13)14/h2-3H,4-7H2,1H3. The maximum atomic E-state index is 12.5. The monoisotopic (exact) mass is 258 g/mol. The van der Waals surface area contributed by atoms with Crippen LogP contribution in [0.3, 0.4) is 0 Å². The van der Waals surface area contributed by atoms with Gasteiger partial charge in [0.25, 0.3) is 0 Å². The largest absolute Gasteiger partial charge is 0.433 e. The summed E-state index contributed by atoms with van der Waals surface area (Å²) in [5, 5.41) is 0. The van der Waals surface area contributed by atoms with Crippen molar-refractivity contribution in [3.8, 4) is 0 Å². The van der Waals surface area contributed by atoms with E-state index in [1.807, 2.05) is 11.9 Å². The Hall–Kier alpha value is -1.37. The SMILES string of the molecule is CN1CC2(C1)CN(c1nccc(C(F)(F)F)n1)C2. The van der Waals surface area contributed by atoms with E-state index in [1.54, 1.807) is 0 Å². The molecule has 1 aromatic rings. The predicted octanol–water partition coefficient (Wildman–Crippen LogP) is 1.25. The highest BCUT2D eigenvalue weighted by molar-refractivity contribution is 5.38. The molecule has 7 heteroatoms. The molecule has 0 N–H and O–H groups in total. The normalized spacial score (nSPS) is 22.8. The lowest BCUT2D eigenvalue weighted by Gasteiger charge is -2.59. The van der Waals surface area contributed by atoms with Gasteiger partial charge in [-0.25, -0.2) is 9.97 Å². The Morgan fingerprint density at radius 1 is 1.22 bits per heavy atom. The van der Waals surface area contributed by atoms with Crippen LogP contribution < -0.4 is 4.90 Å². The van der Waals surface area contributed by atoms with Crippen LogP contribution in [-0.4, -0.2) is 48.1 Å². The number of rotatable bonds is 1. The van der Waals surface area contributed by atoms with E-state index in [1.165, 1.54) is 6.20 Å². The first-order valence-electron chi connectivity index (χ1n) is 5.72. The van der Waals surface area contributed by atoms with Crippen molar-refractivity contribution in [1.29, 1.82) is 0 Å². The maximum Gasteiger partial charge on any atom is 0.433 e. The van der Waals surface area contributed by atoms with Crippen molar-refractivity contribution in [3.05, 3.63) is 18.0 Å². The fraction of sp³-hybridized carbons (Fsp3) is 0.636. The fourth-order valence-electron chi connectivity index (χ4n) is 2.86. The number of halogens is 3. The molecule has 2 saturated heterocycles. The molecular formula is C11H13F3N4. The van der Waals surface area contributed by atoms with E-state index in [9.17, 15) is 13.2 Å². The van der Waals surface area contributed by atoms with Gasteiger partial charge in [-0.1, -0.05) is 0 Å². The van der Waals surface area contributed by atoms with Gasteiger partial charge in [0.1, 0.15) is 5.69 Å². The third kappa shape index (κ3) is 1.82. The van der Waals surface area contributed by atoms with E-state index in [0.717, 1.165) is 32.2 Å². The molecule has 0 saturated carbocycles. The third-order valence-electron chi connectivity index (χ3n) is 3.48. The molecule has 2 aliphatic heterocycles. The Balaban J connectivity index is 1.71. The molecule has 2 fully saturated rings. The Bertz CT molecular complexity index is 460. The number of alkyl halides is 3. The summed E-state index contributed by atoms with van der Waals surface area (Å²) in [7, 11) is 2.04. The Labute approximate surface area is 102 Å². The van der Waals surface area contributed by atoms with Gasteiger partial charge in [-0.3, -0.25) is 0 Å². The molecule has 2 aliphatic rings. The molecule has 0 aliphatic carbocycles. The third-order valence-corrected chi connectivity index (χ3v) is 3.48. The minimum atomic E-state index is -4.41. The first kappa shape index (κ1) is 11.7. The molecule has 3 heterocycles. The van der Waals surface area contributed by atoms with Gasteiger partial charge in [0.05, 0.1) is 0 Å². The first-order chi connectivity index (χ1) is 8.38. The molecule has 18 heavy (non-hydrogen) atoms. The first-order valence-corrected chi connectivity index (χ1v) is 5.72. The molecule has 3 rings (SSSR count). The van der Waals surface area contributed by atoms with Crippen LogP contribution in [0.2, 0.25) is 0 Å². The van der Waals surface area contributed by atoms with Crippen molar-refractivity contribution in [2.75, 3.05) is 38.1 Å². The van der Waals surface area contributed by atoms with E-state index in [-0.39, 0.29) is 11.4 Å². The van der Waals surface area contributed by atoms with Crippen LogP contribution in [0, 0.1) is 5.41 Å². The van der Waals surface area contributed by atoms with Crippen molar-refractivity contribution in [2.45, 2.75) is 6.18 Å². The molecule has 98 valence electrons. The van der Waals surface area contributed by atoms with Crippen LogP contribution in [0.4, 0.5) is 19.1 Å². The predicted molar refractivity (Wildman–Crippen MR) is 59.2 cm³/mol. The molecule has 0 aromatic carbocycles. The van der Waals surface area contributed by atoms with Gasteiger partial charge in [-0.2, -0.15) is 13.2 Å². The lowest BCUT2D eigenvalue weighted by molar-refractivity contribution is -0.141. The number of nitrogens with zero attached hydrogens (tertiary/aromatic N) is 4. The second-order valence-corrected chi connectivity index (χ2v) is 5.27. The van der Waals surface area contributed by atoms with Crippen LogP contribution in [0.1, 0.15) is 5.69 Å². The summed E-state index contributed by atoms with van der Waals surface area (Å²) in [6, 6.07) is 0.899. The van der Waals surface area contributed by atoms with Crippen molar-refractivity contribution in [1.82, 2.24) is 14.9 Å². The van der Waals surface area contributed by atoms with Crippen molar-refractivity contribution >= 4 is 5.95 Å². The number of hydrogen-bond acceptors (Lipinski definition) is 4. The Morgan fingerprint density at radius 2 is 1.89 bits per heavy atom. The maximum absolute atomic E-state index is 12.5. The van der Waals surface area contributed by atoms with Crippen LogP contribution in [-0.2, 0) is 6.18 Å². The van der Waals surface area contributed by atoms with E-state index in [0.29, 0.717) is 0 Å². The molecule has 0 amide bonds. The molecule has 0 atom stereocenters. The molecule has 4 nitrogen and oxygen atoms in total. The topological polar surface area (TPSA) is 32.3 Å². The van der Waals surface area contributed by atoms with Gasteiger partial charge in [0, 0.05) is 37.8 Å². The zero-order valence-electron chi connectivity index (χ0n) is 9.91. The van der Waals surface area contributed by atoms with E-state index < -0.39 is 11.9 Å². The lowest BCUT2D eigenvalue weighted by atomic mass is 9.73. The van der Waals surface area contributed by atoms with Gasteiger partial charge < -0.3 is 9.80 Å².